The summed E-state index contributed by atoms with van der Waals surface area (Å²) in [7, 11) is 0. The lowest BCUT2D eigenvalue weighted by molar-refractivity contribution is 0.311. The van der Waals surface area contributed by atoms with Gasteiger partial charge in [-0.2, -0.15) is 9.97 Å². The van der Waals surface area contributed by atoms with Crippen molar-refractivity contribution in [1.82, 2.24) is 9.97 Å². The SMILES string of the molecule is C/C(=N\Oc1nc(C)cc(C)n1)c1ccc(F)cc1. The summed E-state index contributed by atoms with van der Waals surface area (Å²) in [6, 6.07) is 8.09. The minimum atomic E-state index is -0.282. The molecule has 1 heterocycles. The van der Waals surface area contributed by atoms with Gasteiger partial charge in [0, 0.05) is 11.4 Å². The van der Waals surface area contributed by atoms with Crippen LogP contribution >= 0.6 is 0 Å². The molecule has 0 saturated carbocycles. The van der Waals surface area contributed by atoms with Crippen LogP contribution in [0.4, 0.5) is 4.39 Å². The molecule has 0 N–H and O–H groups in total. The lowest BCUT2D eigenvalue weighted by Gasteiger charge is -2.02. The lowest BCUT2D eigenvalue weighted by atomic mass is 10.1. The van der Waals surface area contributed by atoms with Crippen molar-refractivity contribution in [2.24, 2.45) is 5.16 Å². The Morgan fingerprint density at radius 2 is 1.68 bits per heavy atom. The highest BCUT2D eigenvalue weighted by Crippen LogP contribution is 2.08. The van der Waals surface area contributed by atoms with E-state index in [1.54, 1.807) is 19.1 Å². The molecule has 0 saturated heterocycles. The summed E-state index contributed by atoms with van der Waals surface area (Å²) in [5.41, 5.74) is 3.04. The van der Waals surface area contributed by atoms with Crippen LogP contribution in [-0.2, 0) is 0 Å². The van der Waals surface area contributed by atoms with Crippen molar-refractivity contribution in [2.75, 3.05) is 0 Å². The quantitative estimate of drug-likeness (QED) is 0.628. The van der Waals surface area contributed by atoms with Crippen LogP contribution in [0.2, 0.25) is 0 Å². The van der Waals surface area contributed by atoms with Crippen LogP contribution in [-0.4, -0.2) is 15.7 Å². The molecule has 0 bridgehead atoms. The first-order valence-electron chi connectivity index (χ1n) is 5.84. The number of aryl methyl sites for hydroxylation is 2. The molecule has 2 aromatic rings. The molecule has 0 aliphatic heterocycles. The molecule has 0 spiro atoms. The van der Waals surface area contributed by atoms with Gasteiger partial charge in [-0.3, -0.25) is 0 Å². The monoisotopic (exact) mass is 259 g/mol. The van der Waals surface area contributed by atoms with Gasteiger partial charge in [0.25, 0.3) is 0 Å². The third-order valence-corrected chi connectivity index (χ3v) is 2.49. The lowest BCUT2D eigenvalue weighted by Crippen LogP contribution is -2.01. The highest BCUT2D eigenvalue weighted by atomic mass is 19.1. The normalized spacial score (nSPS) is 11.5. The van der Waals surface area contributed by atoms with Crippen LogP contribution in [0.15, 0.2) is 35.5 Å². The third kappa shape index (κ3) is 3.58. The summed E-state index contributed by atoms with van der Waals surface area (Å²) >= 11 is 0. The van der Waals surface area contributed by atoms with E-state index in [9.17, 15) is 4.39 Å². The summed E-state index contributed by atoms with van der Waals surface area (Å²) in [4.78, 5) is 13.4. The summed E-state index contributed by atoms with van der Waals surface area (Å²) in [6.45, 7) is 5.49. The summed E-state index contributed by atoms with van der Waals surface area (Å²) in [5, 5.41) is 3.95. The van der Waals surface area contributed by atoms with Gasteiger partial charge in [0.05, 0.1) is 5.71 Å². The van der Waals surface area contributed by atoms with E-state index in [4.69, 9.17) is 4.84 Å². The predicted octanol–water partition coefficient (Wildman–Crippen LogP) is 3.04. The number of rotatable bonds is 3. The van der Waals surface area contributed by atoms with Crippen molar-refractivity contribution in [3.8, 4) is 6.01 Å². The zero-order valence-electron chi connectivity index (χ0n) is 11.0. The number of aromatic nitrogens is 2. The maximum Gasteiger partial charge on any atom is 0.346 e. The fraction of sp³-hybridized carbons (Fsp3) is 0.214. The van der Waals surface area contributed by atoms with Crippen LogP contribution in [0.1, 0.15) is 23.9 Å². The van der Waals surface area contributed by atoms with Crippen molar-refractivity contribution in [1.29, 1.82) is 0 Å². The number of hydrogen-bond donors (Lipinski definition) is 0. The first-order chi connectivity index (χ1) is 9.04. The average Bonchev–Trinajstić information content (AvgIpc) is 2.36. The van der Waals surface area contributed by atoms with Gasteiger partial charge in [0.2, 0.25) is 0 Å². The maximum atomic E-state index is 12.8. The van der Waals surface area contributed by atoms with Gasteiger partial charge in [0.1, 0.15) is 5.82 Å². The van der Waals surface area contributed by atoms with Crippen molar-refractivity contribution in [3.05, 3.63) is 53.1 Å². The van der Waals surface area contributed by atoms with E-state index in [0.717, 1.165) is 17.0 Å². The highest BCUT2D eigenvalue weighted by Gasteiger charge is 2.02. The third-order valence-electron chi connectivity index (χ3n) is 2.49. The standard InChI is InChI=1S/C14H14FN3O/c1-9-8-10(2)17-14(16-9)19-18-11(3)12-4-6-13(15)7-5-12/h4-8H,1-3H3/b18-11+. The van der Waals surface area contributed by atoms with E-state index < -0.39 is 0 Å². The van der Waals surface area contributed by atoms with E-state index in [0.29, 0.717) is 5.71 Å². The molecular weight excluding hydrogens is 245 g/mol. The van der Waals surface area contributed by atoms with E-state index in [1.807, 2.05) is 19.9 Å². The van der Waals surface area contributed by atoms with Crippen LogP contribution in [0, 0.1) is 19.7 Å². The average molecular weight is 259 g/mol. The smallest absolute Gasteiger partial charge is 0.315 e. The van der Waals surface area contributed by atoms with Gasteiger partial charge in [0.15, 0.2) is 0 Å². The van der Waals surface area contributed by atoms with Gasteiger partial charge >= 0.3 is 6.01 Å². The molecule has 0 aliphatic carbocycles. The molecule has 19 heavy (non-hydrogen) atoms. The summed E-state index contributed by atoms with van der Waals surface area (Å²) < 4.78 is 12.8. The Hall–Kier alpha value is -2.30. The Kier molecular flexibility index (Phi) is 3.85. The molecule has 5 heteroatoms. The number of hydrogen-bond acceptors (Lipinski definition) is 4. The Bertz CT molecular complexity index is 588. The number of benzene rings is 1. The van der Waals surface area contributed by atoms with Crippen molar-refractivity contribution < 1.29 is 9.23 Å². The van der Waals surface area contributed by atoms with E-state index >= 15 is 0 Å². The maximum absolute atomic E-state index is 12.8. The van der Waals surface area contributed by atoms with E-state index in [2.05, 4.69) is 15.1 Å². The van der Waals surface area contributed by atoms with Crippen LogP contribution in [0.25, 0.3) is 0 Å². The molecule has 0 amide bonds. The number of nitrogens with zero attached hydrogens (tertiary/aromatic N) is 3. The minimum Gasteiger partial charge on any atom is -0.315 e. The van der Waals surface area contributed by atoms with Gasteiger partial charge in [-0.1, -0.05) is 17.3 Å². The molecule has 0 fully saturated rings. The van der Waals surface area contributed by atoms with Gasteiger partial charge in [-0.15, -0.1) is 0 Å². The summed E-state index contributed by atoms with van der Waals surface area (Å²) in [6.07, 6.45) is 0. The second-order valence-corrected chi connectivity index (χ2v) is 4.21. The van der Waals surface area contributed by atoms with E-state index in [1.165, 1.54) is 12.1 Å². The molecule has 0 radical (unpaired) electrons. The van der Waals surface area contributed by atoms with Crippen molar-refractivity contribution in [2.45, 2.75) is 20.8 Å². The Morgan fingerprint density at radius 1 is 1.11 bits per heavy atom. The summed E-state index contributed by atoms with van der Waals surface area (Å²) in [5.74, 6) is -0.282. The predicted molar refractivity (Wildman–Crippen MR) is 70.7 cm³/mol. The van der Waals surface area contributed by atoms with Gasteiger partial charge in [-0.05, 0) is 44.5 Å². The largest absolute Gasteiger partial charge is 0.346 e. The van der Waals surface area contributed by atoms with Gasteiger partial charge in [-0.25, -0.2) is 4.39 Å². The molecule has 1 aromatic heterocycles. The van der Waals surface area contributed by atoms with Crippen LogP contribution < -0.4 is 4.84 Å². The highest BCUT2D eigenvalue weighted by molar-refractivity contribution is 5.98. The number of halogens is 1. The fourth-order valence-corrected chi connectivity index (χ4v) is 1.59. The molecule has 1 aromatic carbocycles. The first kappa shape index (κ1) is 13.1. The molecule has 98 valence electrons. The zero-order valence-corrected chi connectivity index (χ0v) is 11.0. The molecule has 0 aliphatic rings. The Labute approximate surface area is 111 Å². The fourth-order valence-electron chi connectivity index (χ4n) is 1.59. The molecular formula is C14H14FN3O. The number of oxime groups is 1. The zero-order chi connectivity index (χ0) is 13.8. The van der Waals surface area contributed by atoms with Crippen LogP contribution in [0.5, 0.6) is 6.01 Å². The second kappa shape index (κ2) is 5.56. The van der Waals surface area contributed by atoms with Crippen molar-refractivity contribution >= 4 is 5.71 Å². The Balaban J connectivity index is 2.15. The molecule has 0 unspecified atom stereocenters. The minimum absolute atomic E-state index is 0.207. The van der Waals surface area contributed by atoms with Gasteiger partial charge < -0.3 is 4.84 Å². The van der Waals surface area contributed by atoms with Crippen molar-refractivity contribution in [3.63, 3.8) is 0 Å². The Morgan fingerprint density at radius 3 is 2.26 bits per heavy atom. The topological polar surface area (TPSA) is 47.4 Å². The van der Waals surface area contributed by atoms with Crippen LogP contribution in [0.3, 0.4) is 0 Å². The second-order valence-electron chi connectivity index (χ2n) is 4.21. The molecule has 0 atom stereocenters. The molecule has 4 nitrogen and oxygen atoms in total. The first-order valence-corrected chi connectivity index (χ1v) is 5.84. The molecule has 2 rings (SSSR count). The van der Waals surface area contributed by atoms with E-state index in [-0.39, 0.29) is 11.8 Å².